The summed E-state index contributed by atoms with van der Waals surface area (Å²) in [5.74, 6) is 0. The van der Waals surface area contributed by atoms with Gasteiger partial charge in [-0.15, -0.1) is 0 Å². The number of hydrogen-bond acceptors (Lipinski definition) is 4. The number of nitrogen functional groups attached to an aromatic ring is 1. The van der Waals surface area contributed by atoms with Crippen molar-refractivity contribution >= 4 is 26.7 Å². The molecule has 0 unspecified atom stereocenters. The first-order valence-corrected chi connectivity index (χ1v) is 8.22. The second kappa shape index (κ2) is 5.03. The summed E-state index contributed by atoms with van der Waals surface area (Å²) in [5, 5.41) is 0. The number of imidazole rings is 1. The largest absolute Gasteiger partial charge is 0.399 e. The van der Waals surface area contributed by atoms with Crippen LogP contribution in [-0.2, 0) is 16.4 Å². The Kier molecular flexibility index (Phi) is 3.29. The van der Waals surface area contributed by atoms with Gasteiger partial charge in [0.05, 0.1) is 15.9 Å². The van der Waals surface area contributed by atoms with Gasteiger partial charge in [-0.1, -0.05) is 19.1 Å². The van der Waals surface area contributed by atoms with Gasteiger partial charge in [0.25, 0.3) is 10.0 Å². The van der Waals surface area contributed by atoms with Gasteiger partial charge in [-0.3, -0.25) is 0 Å². The zero-order valence-corrected chi connectivity index (χ0v) is 12.7. The van der Waals surface area contributed by atoms with Crippen molar-refractivity contribution in [3.05, 3.63) is 58.5 Å². The number of H-pyrrole nitrogens is 1. The molecule has 114 valence electrons. The van der Waals surface area contributed by atoms with Crippen LogP contribution in [0.4, 0.5) is 5.69 Å². The smallest absolute Gasteiger partial charge is 0.340 e. The monoisotopic (exact) mass is 317 g/mol. The Morgan fingerprint density at radius 3 is 2.45 bits per heavy atom. The van der Waals surface area contributed by atoms with Crippen LogP contribution < -0.4 is 11.4 Å². The topological polar surface area (TPSA) is 98.0 Å². The van der Waals surface area contributed by atoms with E-state index in [2.05, 4.69) is 4.98 Å². The summed E-state index contributed by atoms with van der Waals surface area (Å²) < 4.78 is 26.2. The van der Waals surface area contributed by atoms with Gasteiger partial charge in [0, 0.05) is 5.69 Å². The van der Waals surface area contributed by atoms with E-state index in [4.69, 9.17) is 5.73 Å². The Hall–Kier alpha value is -2.54. The molecule has 0 saturated carbocycles. The van der Waals surface area contributed by atoms with E-state index in [1.54, 1.807) is 18.2 Å². The summed E-state index contributed by atoms with van der Waals surface area (Å²) in [6.45, 7) is 1.98. The number of nitrogens with one attached hydrogen (secondary N) is 1. The molecular weight excluding hydrogens is 302 g/mol. The fourth-order valence-electron chi connectivity index (χ4n) is 2.35. The number of aryl methyl sites for hydroxylation is 1. The summed E-state index contributed by atoms with van der Waals surface area (Å²) in [7, 11) is -3.96. The first-order valence-electron chi connectivity index (χ1n) is 6.78. The van der Waals surface area contributed by atoms with Crippen molar-refractivity contribution in [2.45, 2.75) is 18.2 Å². The lowest BCUT2D eigenvalue weighted by molar-refractivity contribution is 0.587. The predicted octanol–water partition coefficient (Wildman–Crippen LogP) is 1.71. The number of rotatable bonds is 3. The molecule has 0 saturated heterocycles. The van der Waals surface area contributed by atoms with E-state index in [1.165, 1.54) is 24.3 Å². The van der Waals surface area contributed by atoms with Crippen molar-refractivity contribution in [2.24, 2.45) is 0 Å². The van der Waals surface area contributed by atoms with Gasteiger partial charge in [0.15, 0.2) is 0 Å². The summed E-state index contributed by atoms with van der Waals surface area (Å²) in [5.41, 5.74) is 7.09. The SMILES string of the molecule is CCc1ccc(S(=O)(=O)n2c(=O)[nH]c3cc(N)ccc32)cc1. The fraction of sp³-hybridized carbons (Fsp3) is 0.133. The molecule has 0 amide bonds. The van der Waals surface area contributed by atoms with Crippen LogP contribution in [0.15, 0.2) is 52.2 Å². The molecule has 0 atom stereocenters. The fourth-order valence-corrected chi connectivity index (χ4v) is 3.72. The number of nitrogens with two attached hydrogens (primary N) is 1. The number of hydrogen-bond donors (Lipinski definition) is 2. The zero-order valence-electron chi connectivity index (χ0n) is 11.9. The Balaban J connectivity index is 2.24. The lowest BCUT2D eigenvalue weighted by atomic mass is 10.2. The minimum atomic E-state index is -3.96. The van der Waals surface area contributed by atoms with Crippen LogP contribution in [0.2, 0.25) is 0 Å². The molecule has 7 heteroatoms. The van der Waals surface area contributed by atoms with Crippen molar-refractivity contribution in [2.75, 3.05) is 5.73 Å². The van der Waals surface area contributed by atoms with Crippen LogP contribution in [0.25, 0.3) is 11.0 Å². The molecule has 0 fully saturated rings. The van der Waals surface area contributed by atoms with Crippen molar-refractivity contribution in [1.29, 1.82) is 0 Å². The number of aromatic amines is 1. The van der Waals surface area contributed by atoms with Gasteiger partial charge in [0.2, 0.25) is 0 Å². The standard InChI is InChI=1S/C15H15N3O3S/c1-2-10-3-6-12(7-4-10)22(20,21)18-14-8-5-11(16)9-13(14)17-15(18)19/h3-9H,2,16H2,1H3,(H,17,19). The molecule has 1 heterocycles. The highest BCUT2D eigenvalue weighted by atomic mass is 32.2. The summed E-state index contributed by atoms with van der Waals surface area (Å²) in [4.78, 5) is 14.7. The Bertz CT molecular complexity index is 999. The minimum absolute atomic E-state index is 0.0736. The Morgan fingerprint density at radius 2 is 1.82 bits per heavy atom. The van der Waals surface area contributed by atoms with Crippen molar-refractivity contribution in [1.82, 2.24) is 8.96 Å². The molecule has 1 aromatic heterocycles. The molecule has 6 nitrogen and oxygen atoms in total. The van der Waals surface area contributed by atoms with Gasteiger partial charge in [-0.2, -0.15) is 3.97 Å². The van der Waals surface area contributed by atoms with E-state index < -0.39 is 15.7 Å². The third-order valence-electron chi connectivity index (χ3n) is 3.54. The Morgan fingerprint density at radius 1 is 1.14 bits per heavy atom. The lowest BCUT2D eigenvalue weighted by Crippen LogP contribution is -2.25. The molecule has 3 rings (SSSR count). The predicted molar refractivity (Wildman–Crippen MR) is 85.4 cm³/mol. The van der Waals surface area contributed by atoms with Gasteiger partial charge >= 0.3 is 5.69 Å². The first kappa shape index (κ1) is 14.4. The maximum absolute atomic E-state index is 12.7. The molecule has 0 aliphatic rings. The van der Waals surface area contributed by atoms with Crippen LogP contribution in [0, 0.1) is 0 Å². The maximum atomic E-state index is 12.7. The molecule has 0 aliphatic carbocycles. The number of benzene rings is 2. The van der Waals surface area contributed by atoms with Gasteiger partial charge < -0.3 is 10.7 Å². The summed E-state index contributed by atoms with van der Waals surface area (Å²) >= 11 is 0. The van der Waals surface area contributed by atoms with Crippen LogP contribution in [-0.4, -0.2) is 17.4 Å². The van der Waals surface area contributed by atoms with Gasteiger partial charge in [-0.05, 0) is 42.3 Å². The normalized spacial score (nSPS) is 11.9. The maximum Gasteiger partial charge on any atom is 0.340 e. The molecule has 3 aromatic rings. The zero-order chi connectivity index (χ0) is 15.9. The highest BCUT2D eigenvalue weighted by molar-refractivity contribution is 7.90. The van der Waals surface area contributed by atoms with Crippen molar-refractivity contribution in [3.8, 4) is 0 Å². The second-order valence-corrected chi connectivity index (χ2v) is 6.76. The molecule has 0 spiro atoms. The average Bonchev–Trinajstić information content (AvgIpc) is 2.82. The highest BCUT2D eigenvalue weighted by Crippen LogP contribution is 2.20. The molecule has 0 radical (unpaired) electrons. The highest BCUT2D eigenvalue weighted by Gasteiger charge is 2.22. The molecule has 2 aromatic carbocycles. The number of nitrogens with zero attached hydrogens (tertiary/aromatic N) is 1. The van der Waals surface area contributed by atoms with Crippen LogP contribution >= 0.6 is 0 Å². The minimum Gasteiger partial charge on any atom is -0.399 e. The number of fused-ring (bicyclic) bond motifs is 1. The lowest BCUT2D eigenvalue weighted by Gasteiger charge is -2.06. The molecule has 22 heavy (non-hydrogen) atoms. The van der Waals surface area contributed by atoms with Crippen molar-refractivity contribution in [3.63, 3.8) is 0 Å². The van der Waals surface area contributed by atoms with E-state index in [0.29, 0.717) is 11.2 Å². The molecular formula is C15H15N3O3S. The first-order chi connectivity index (χ1) is 10.4. The number of aromatic nitrogens is 2. The van der Waals surface area contributed by atoms with Gasteiger partial charge in [0.1, 0.15) is 0 Å². The van der Waals surface area contributed by atoms with Crippen LogP contribution in [0.3, 0.4) is 0 Å². The van der Waals surface area contributed by atoms with Gasteiger partial charge in [-0.25, -0.2) is 13.2 Å². The average molecular weight is 317 g/mol. The number of anilines is 1. The summed E-state index contributed by atoms with van der Waals surface area (Å²) in [6.07, 6.45) is 0.812. The van der Waals surface area contributed by atoms with E-state index in [0.717, 1.165) is 16.0 Å². The molecule has 3 N–H and O–H groups in total. The van der Waals surface area contributed by atoms with Crippen LogP contribution in [0.1, 0.15) is 12.5 Å². The third-order valence-corrected chi connectivity index (χ3v) is 5.25. The third kappa shape index (κ3) is 2.19. The summed E-state index contributed by atoms with van der Waals surface area (Å²) in [6, 6.07) is 11.1. The van der Waals surface area contributed by atoms with E-state index >= 15 is 0 Å². The molecule has 0 aliphatic heterocycles. The van der Waals surface area contributed by atoms with Crippen LogP contribution in [0.5, 0.6) is 0 Å². The van der Waals surface area contributed by atoms with E-state index in [9.17, 15) is 13.2 Å². The second-order valence-electron chi connectivity index (χ2n) is 4.97. The van der Waals surface area contributed by atoms with Crippen molar-refractivity contribution < 1.29 is 8.42 Å². The van der Waals surface area contributed by atoms with E-state index in [1.807, 2.05) is 6.92 Å². The quantitative estimate of drug-likeness (QED) is 0.718. The van der Waals surface area contributed by atoms with E-state index in [-0.39, 0.29) is 10.4 Å². The Labute approximate surface area is 127 Å². The molecule has 0 bridgehead atoms.